The Hall–Kier alpha value is -2.18. The third kappa shape index (κ3) is 3.90. The van der Waals surface area contributed by atoms with E-state index in [-0.39, 0.29) is 11.7 Å². The molecule has 0 fully saturated rings. The molecule has 0 atom stereocenters. The molecule has 21 heavy (non-hydrogen) atoms. The summed E-state index contributed by atoms with van der Waals surface area (Å²) in [4.78, 5) is 28.2. The van der Waals surface area contributed by atoms with Gasteiger partial charge >= 0.3 is 6.03 Å². The van der Waals surface area contributed by atoms with Gasteiger partial charge in [0, 0.05) is 37.8 Å². The average Bonchev–Trinajstić information content (AvgIpc) is 2.50. The number of amides is 2. The Morgan fingerprint density at radius 1 is 1.52 bits per heavy atom. The van der Waals surface area contributed by atoms with Gasteiger partial charge in [0.2, 0.25) is 0 Å². The Kier molecular flexibility index (Phi) is 5.08. The normalized spacial score (nSPS) is 13.7. The summed E-state index contributed by atoms with van der Waals surface area (Å²) in [6.07, 6.45) is 5.09. The zero-order valence-electron chi connectivity index (χ0n) is 12.2. The number of urea groups is 1. The summed E-state index contributed by atoms with van der Waals surface area (Å²) < 4.78 is 0. The summed E-state index contributed by atoms with van der Waals surface area (Å²) in [6.45, 7) is 3.76. The number of nitrogens with zero attached hydrogens (tertiary/aromatic N) is 3. The van der Waals surface area contributed by atoms with Gasteiger partial charge in [0.05, 0.1) is 4.92 Å². The van der Waals surface area contributed by atoms with Crippen molar-refractivity contribution in [1.29, 1.82) is 0 Å². The maximum Gasteiger partial charge on any atom is 0.317 e. The Morgan fingerprint density at radius 2 is 2.33 bits per heavy atom. The van der Waals surface area contributed by atoms with Crippen LogP contribution in [0.25, 0.3) is 0 Å². The van der Waals surface area contributed by atoms with E-state index in [4.69, 9.17) is 0 Å². The molecule has 7 nitrogen and oxygen atoms in total. The largest absolute Gasteiger partial charge is 0.338 e. The summed E-state index contributed by atoms with van der Waals surface area (Å²) in [5, 5.41) is 13.7. The van der Waals surface area contributed by atoms with E-state index >= 15 is 0 Å². The summed E-state index contributed by atoms with van der Waals surface area (Å²) in [5.74, 6) is 0. The Morgan fingerprint density at radius 3 is 3.05 bits per heavy atom. The first-order chi connectivity index (χ1) is 10.1. The highest BCUT2D eigenvalue weighted by atomic mass is 16.6. The molecule has 1 aliphatic rings. The first-order valence-electron chi connectivity index (χ1n) is 7.26. The van der Waals surface area contributed by atoms with Crippen molar-refractivity contribution in [2.45, 2.75) is 39.2 Å². The van der Waals surface area contributed by atoms with Crippen molar-refractivity contribution < 1.29 is 9.72 Å². The van der Waals surface area contributed by atoms with Crippen molar-refractivity contribution in [2.75, 3.05) is 13.1 Å². The van der Waals surface area contributed by atoms with Crippen LogP contribution in [0.2, 0.25) is 0 Å². The third-order valence-corrected chi connectivity index (χ3v) is 3.58. The number of hydrogen-bond acceptors (Lipinski definition) is 4. The van der Waals surface area contributed by atoms with E-state index in [9.17, 15) is 14.9 Å². The lowest BCUT2D eigenvalue weighted by molar-refractivity contribution is -0.385. The summed E-state index contributed by atoms with van der Waals surface area (Å²) in [7, 11) is 0. The molecule has 7 heteroatoms. The van der Waals surface area contributed by atoms with E-state index in [0.717, 1.165) is 30.5 Å². The quantitative estimate of drug-likeness (QED) is 0.512. The first-order valence-corrected chi connectivity index (χ1v) is 7.26. The van der Waals surface area contributed by atoms with Crippen LogP contribution in [-0.4, -0.2) is 33.9 Å². The van der Waals surface area contributed by atoms with E-state index in [2.05, 4.69) is 17.2 Å². The van der Waals surface area contributed by atoms with Gasteiger partial charge in [0.15, 0.2) is 0 Å². The van der Waals surface area contributed by atoms with Gasteiger partial charge in [-0.15, -0.1) is 0 Å². The van der Waals surface area contributed by atoms with Gasteiger partial charge in [0.25, 0.3) is 5.69 Å². The molecule has 1 N–H and O–H groups in total. The maximum absolute atomic E-state index is 12.1. The lowest BCUT2D eigenvalue weighted by Gasteiger charge is -2.28. The van der Waals surface area contributed by atoms with Gasteiger partial charge in [-0.25, -0.2) is 4.79 Å². The minimum Gasteiger partial charge on any atom is -0.338 e. The molecule has 0 aliphatic carbocycles. The molecule has 2 heterocycles. The molecule has 0 saturated carbocycles. The van der Waals surface area contributed by atoms with Crippen molar-refractivity contribution in [3.63, 3.8) is 0 Å². The van der Waals surface area contributed by atoms with Gasteiger partial charge in [-0.3, -0.25) is 15.1 Å². The van der Waals surface area contributed by atoms with Gasteiger partial charge < -0.3 is 10.2 Å². The second-order valence-electron chi connectivity index (χ2n) is 5.17. The van der Waals surface area contributed by atoms with Crippen LogP contribution in [0.15, 0.2) is 12.3 Å². The highest BCUT2D eigenvalue weighted by Crippen LogP contribution is 2.21. The number of aromatic nitrogens is 1. The molecule has 0 aromatic carbocycles. The molecular formula is C14H20N4O3. The number of carbonyl (C=O) groups is 1. The van der Waals surface area contributed by atoms with Gasteiger partial charge in [-0.1, -0.05) is 19.8 Å². The van der Waals surface area contributed by atoms with E-state index in [0.29, 0.717) is 26.1 Å². The standard InChI is InChI=1S/C14H20N4O3/c1-2-3-4-6-15-14(19)17-7-5-13-11(10-17)8-12(9-16-13)18(20)21/h8-9H,2-7,10H2,1H3,(H,15,19). The molecule has 1 aliphatic heterocycles. The topological polar surface area (TPSA) is 88.4 Å². The number of carbonyl (C=O) groups excluding carboxylic acids is 1. The van der Waals surface area contributed by atoms with Crippen LogP contribution in [0, 0.1) is 10.1 Å². The number of nitro groups is 1. The molecule has 0 radical (unpaired) electrons. The predicted molar refractivity (Wildman–Crippen MR) is 77.9 cm³/mol. The van der Waals surface area contributed by atoms with Crippen molar-refractivity contribution in [2.24, 2.45) is 0 Å². The van der Waals surface area contributed by atoms with E-state index in [1.807, 2.05) is 0 Å². The van der Waals surface area contributed by atoms with Crippen molar-refractivity contribution in [1.82, 2.24) is 15.2 Å². The van der Waals surface area contributed by atoms with Crippen LogP contribution in [0.4, 0.5) is 10.5 Å². The molecule has 1 aromatic rings. The van der Waals surface area contributed by atoms with E-state index in [1.54, 1.807) is 4.90 Å². The number of nitrogens with one attached hydrogen (secondary N) is 1. The number of unbranched alkanes of at least 4 members (excludes halogenated alkanes) is 2. The third-order valence-electron chi connectivity index (χ3n) is 3.58. The molecule has 2 amide bonds. The molecule has 0 bridgehead atoms. The molecule has 0 saturated heterocycles. The van der Waals surface area contributed by atoms with E-state index < -0.39 is 4.92 Å². The minimum atomic E-state index is -0.461. The molecular weight excluding hydrogens is 272 g/mol. The van der Waals surface area contributed by atoms with Crippen LogP contribution in [-0.2, 0) is 13.0 Å². The molecule has 114 valence electrons. The SMILES string of the molecule is CCCCCNC(=O)N1CCc2ncc([N+](=O)[O-])cc2C1. The summed E-state index contributed by atoms with van der Waals surface area (Å²) >= 11 is 0. The lowest BCUT2D eigenvalue weighted by Crippen LogP contribution is -2.43. The zero-order chi connectivity index (χ0) is 15.2. The van der Waals surface area contributed by atoms with Crippen molar-refractivity contribution in [3.05, 3.63) is 33.6 Å². The highest BCUT2D eigenvalue weighted by molar-refractivity contribution is 5.74. The minimum absolute atomic E-state index is 0.0287. The van der Waals surface area contributed by atoms with Crippen LogP contribution in [0.5, 0.6) is 0 Å². The fraction of sp³-hybridized carbons (Fsp3) is 0.571. The average molecular weight is 292 g/mol. The summed E-state index contributed by atoms with van der Waals surface area (Å²) in [6, 6.07) is 1.40. The second-order valence-corrected chi connectivity index (χ2v) is 5.17. The van der Waals surface area contributed by atoms with Crippen molar-refractivity contribution >= 4 is 11.7 Å². The van der Waals surface area contributed by atoms with Gasteiger partial charge in [0.1, 0.15) is 6.20 Å². The van der Waals surface area contributed by atoms with Gasteiger partial charge in [-0.2, -0.15) is 0 Å². The zero-order valence-corrected chi connectivity index (χ0v) is 12.2. The van der Waals surface area contributed by atoms with Gasteiger partial charge in [-0.05, 0) is 12.0 Å². The number of fused-ring (bicyclic) bond motifs is 1. The Bertz CT molecular complexity index is 533. The monoisotopic (exact) mass is 292 g/mol. The Labute approximate surface area is 123 Å². The fourth-order valence-electron chi connectivity index (χ4n) is 2.37. The Balaban J connectivity index is 1.96. The predicted octanol–water partition coefficient (Wildman–Crippen LogP) is 2.25. The smallest absolute Gasteiger partial charge is 0.317 e. The summed E-state index contributed by atoms with van der Waals surface area (Å²) in [5.41, 5.74) is 1.58. The van der Waals surface area contributed by atoms with Crippen LogP contribution >= 0.6 is 0 Å². The van der Waals surface area contributed by atoms with Crippen LogP contribution in [0.3, 0.4) is 0 Å². The maximum atomic E-state index is 12.1. The molecule has 0 spiro atoms. The van der Waals surface area contributed by atoms with E-state index in [1.165, 1.54) is 12.3 Å². The van der Waals surface area contributed by atoms with Crippen LogP contribution in [0.1, 0.15) is 37.4 Å². The fourth-order valence-corrected chi connectivity index (χ4v) is 2.37. The molecule has 2 rings (SSSR count). The van der Waals surface area contributed by atoms with Crippen molar-refractivity contribution in [3.8, 4) is 0 Å². The first kappa shape index (κ1) is 15.2. The highest BCUT2D eigenvalue weighted by Gasteiger charge is 2.23. The number of rotatable bonds is 5. The number of pyridine rings is 1. The molecule has 0 unspecified atom stereocenters. The van der Waals surface area contributed by atoms with Crippen LogP contribution < -0.4 is 5.32 Å². The molecule has 1 aromatic heterocycles. The number of hydrogen-bond donors (Lipinski definition) is 1. The second kappa shape index (κ2) is 7.01. The lowest BCUT2D eigenvalue weighted by atomic mass is 10.1.